The first-order chi connectivity index (χ1) is 17.9. The molecule has 1 aromatic heterocycles. The number of sulfone groups is 1. The van der Waals surface area contributed by atoms with E-state index < -0.39 is 9.84 Å². The van der Waals surface area contributed by atoms with Crippen molar-refractivity contribution in [3.63, 3.8) is 0 Å². The van der Waals surface area contributed by atoms with Crippen LogP contribution in [-0.4, -0.2) is 18.9 Å². The lowest BCUT2D eigenvalue weighted by Crippen LogP contribution is -2.18. The molecule has 186 valence electrons. The summed E-state index contributed by atoms with van der Waals surface area (Å²) in [4.78, 5) is 13.0. The summed E-state index contributed by atoms with van der Waals surface area (Å²) in [6.45, 7) is -0.0424. The van der Waals surface area contributed by atoms with Gasteiger partial charge in [-0.1, -0.05) is 60.1 Å². The number of halogens is 1. The molecule has 5 aromatic rings. The molecule has 0 saturated carbocycles. The van der Waals surface area contributed by atoms with Crippen LogP contribution in [0.2, 0.25) is 5.02 Å². The van der Waals surface area contributed by atoms with Crippen LogP contribution in [0.15, 0.2) is 114 Å². The van der Waals surface area contributed by atoms with E-state index >= 15 is 0 Å². The number of amides is 1. The molecule has 1 heterocycles. The molecule has 0 fully saturated rings. The zero-order valence-corrected chi connectivity index (χ0v) is 21.2. The third kappa shape index (κ3) is 5.85. The second-order valence-electron chi connectivity index (χ2n) is 8.51. The number of rotatable bonds is 8. The van der Waals surface area contributed by atoms with Crippen molar-refractivity contribution < 1.29 is 17.9 Å². The van der Waals surface area contributed by atoms with Gasteiger partial charge in [0.15, 0.2) is 9.84 Å². The van der Waals surface area contributed by atoms with Gasteiger partial charge in [-0.15, -0.1) is 0 Å². The Hall–Kier alpha value is -4.07. The van der Waals surface area contributed by atoms with Crippen LogP contribution in [0, 0.1) is 0 Å². The Kier molecular flexibility index (Phi) is 6.99. The number of hydrogen-bond donors (Lipinski definition) is 1. The molecule has 0 aliphatic carbocycles. The number of carbonyl (C=O) groups excluding carboxylic acids is 1. The Balaban J connectivity index is 1.32. The molecule has 8 heteroatoms. The predicted molar refractivity (Wildman–Crippen MR) is 146 cm³/mol. The van der Waals surface area contributed by atoms with Crippen LogP contribution >= 0.6 is 11.6 Å². The molecular weight excluding hydrogens is 508 g/mol. The van der Waals surface area contributed by atoms with Gasteiger partial charge in [-0.05, 0) is 60.2 Å². The van der Waals surface area contributed by atoms with Crippen LogP contribution in [0.3, 0.4) is 0 Å². The Morgan fingerprint density at radius 1 is 0.811 bits per heavy atom. The van der Waals surface area contributed by atoms with Crippen LogP contribution in [0.1, 0.15) is 5.56 Å². The number of fused-ring (bicyclic) bond motifs is 1. The van der Waals surface area contributed by atoms with Gasteiger partial charge in [0, 0.05) is 27.8 Å². The van der Waals surface area contributed by atoms with Gasteiger partial charge in [0.2, 0.25) is 5.91 Å². The summed E-state index contributed by atoms with van der Waals surface area (Å²) in [6.07, 6.45) is 1.53. The molecule has 0 aliphatic heterocycles. The molecule has 0 unspecified atom stereocenters. The molecule has 0 bridgehead atoms. The third-order valence-corrected chi connectivity index (χ3v) is 7.75. The van der Waals surface area contributed by atoms with Crippen molar-refractivity contribution in [2.75, 3.05) is 5.32 Å². The summed E-state index contributed by atoms with van der Waals surface area (Å²) in [5, 5.41) is 3.98. The zero-order chi connectivity index (χ0) is 25.8. The maximum absolute atomic E-state index is 13.3. The van der Waals surface area contributed by atoms with Crippen LogP contribution in [0.5, 0.6) is 11.5 Å². The number of ether oxygens (including phenoxy) is 1. The SMILES string of the molecule is O=C(Cn1cc(S(=O)(=O)Cc2ccc(Cl)cc2)c2ccccc21)Nc1ccc(Oc2ccccc2)cc1. The number of carbonyl (C=O) groups is 1. The quantitative estimate of drug-likeness (QED) is 0.242. The first kappa shape index (κ1) is 24.6. The summed E-state index contributed by atoms with van der Waals surface area (Å²) >= 11 is 5.93. The van der Waals surface area contributed by atoms with Crippen LogP contribution in [-0.2, 0) is 26.9 Å². The number of aromatic nitrogens is 1. The lowest BCUT2D eigenvalue weighted by Gasteiger charge is -2.09. The van der Waals surface area contributed by atoms with E-state index in [1.54, 1.807) is 71.3 Å². The number of benzene rings is 4. The van der Waals surface area contributed by atoms with Crippen molar-refractivity contribution in [3.8, 4) is 11.5 Å². The lowest BCUT2D eigenvalue weighted by molar-refractivity contribution is -0.116. The monoisotopic (exact) mass is 530 g/mol. The average molecular weight is 531 g/mol. The Bertz CT molecular complexity index is 1650. The van der Waals surface area contributed by atoms with Crippen LogP contribution < -0.4 is 10.1 Å². The summed E-state index contributed by atoms with van der Waals surface area (Å²) in [7, 11) is -3.67. The summed E-state index contributed by atoms with van der Waals surface area (Å²) < 4.78 is 34.0. The van der Waals surface area contributed by atoms with E-state index in [1.807, 2.05) is 36.4 Å². The highest BCUT2D eigenvalue weighted by molar-refractivity contribution is 7.90. The molecule has 1 N–H and O–H groups in total. The van der Waals surface area contributed by atoms with Gasteiger partial charge in [-0.2, -0.15) is 0 Å². The van der Waals surface area contributed by atoms with Gasteiger partial charge in [0.05, 0.1) is 10.6 Å². The highest BCUT2D eigenvalue weighted by Gasteiger charge is 2.22. The van der Waals surface area contributed by atoms with Crippen molar-refractivity contribution in [1.29, 1.82) is 0 Å². The topological polar surface area (TPSA) is 77.4 Å². The van der Waals surface area contributed by atoms with Gasteiger partial charge < -0.3 is 14.6 Å². The van der Waals surface area contributed by atoms with Gasteiger partial charge in [-0.3, -0.25) is 4.79 Å². The molecule has 4 aromatic carbocycles. The minimum atomic E-state index is -3.67. The fraction of sp³-hybridized carbons (Fsp3) is 0.0690. The lowest BCUT2D eigenvalue weighted by atomic mass is 10.2. The van der Waals surface area contributed by atoms with E-state index in [2.05, 4.69) is 5.32 Å². The van der Waals surface area contributed by atoms with E-state index in [0.29, 0.717) is 32.9 Å². The standard InChI is InChI=1S/C29H23ClN2O4S/c30-22-12-10-21(11-13-22)20-37(34,35)28-18-32(27-9-5-4-8-26(27)28)19-29(33)31-23-14-16-25(17-15-23)36-24-6-2-1-3-7-24/h1-18H,19-20H2,(H,31,33). The van der Waals surface area contributed by atoms with E-state index in [-0.39, 0.29) is 23.1 Å². The zero-order valence-electron chi connectivity index (χ0n) is 19.7. The van der Waals surface area contributed by atoms with Crippen molar-refractivity contribution in [2.45, 2.75) is 17.2 Å². The van der Waals surface area contributed by atoms with Crippen molar-refractivity contribution in [2.24, 2.45) is 0 Å². The molecule has 1 amide bonds. The number of nitrogens with one attached hydrogen (secondary N) is 1. The van der Waals surface area contributed by atoms with Crippen molar-refractivity contribution >= 4 is 43.9 Å². The molecule has 0 saturated heterocycles. The van der Waals surface area contributed by atoms with Gasteiger partial charge in [-0.25, -0.2) is 8.42 Å². The van der Waals surface area contributed by atoms with Crippen LogP contribution in [0.4, 0.5) is 5.69 Å². The van der Waals surface area contributed by atoms with Gasteiger partial charge >= 0.3 is 0 Å². The molecule has 6 nitrogen and oxygen atoms in total. The Morgan fingerprint density at radius 3 is 2.19 bits per heavy atom. The van der Waals surface area contributed by atoms with Crippen LogP contribution in [0.25, 0.3) is 10.9 Å². The molecule has 0 spiro atoms. The molecule has 0 aliphatic rings. The number of para-hydroxylation sites is 2. The first-order valence-electron chi connectivity index (χ1n) is 11.6. The Labute approximate surface area is 220 Å². The minimum Gasteiger partial charge on any atom is -0.457 e. The first-order valence-corrected chi connectivity index (χ1v) is 13.6. The van der Waals surface area contributed by atoms with E-state index in [0.717, 1.165) is 5.75 Å². The second-order valence-corrected chi connectivity index (χ2v) is 10.9. The summed E-state index contributed by atoms with van der Waals surface area (Å²) in [5.74, 6) is 0.928. The highest BCUT2D eigenvalue weighted by atomic mass is 35.5. The molecule has 37 heavy (non-hydrogen) atoms. The maximum Gasteiger partial charge on any atom is 0.244 e. The fourth-order valence-corrected chi connectivity index (χ4v) is 5.76. The average Bonchev–Trinajstić information content (AvgIpc) is 3.26. The Morgan fingerprint density at radius 2 is 1.46 bits per heavy atom. The number of nitrogens with zero attached hydrogens (tertiary/aromatic N) is 1. The fourth-order valence-electron chi connectivity index (χ4n) is 4.06. The molecule has 0 atom stereocenters. The molecule has 5 rings (SSSR count). The van der Waals surface area contributed by atoms with Crippen molar-refractivity contribution in [3.05, 3.63) is 120 Å². The maximum atomic E-state index is 13.3. The highest BCUT2D eigenvalue weighted by Crippen LogP contribution is 2.29. The van der Waals surface area contributed by atoms with Crippen molar-refractivity contribution in [1.82, 2.24) is 4.57 Å². The van der Waals surface area contributed by atoms with Gasteiger partial charge in [0.1, 0.15) is 18.0 Å². The molecule has 0 radical (unpaired) electrons. The number of anilines is 1. The largest absolute Gasteiger partial charge is 0.457 e. The van der Waals surface area contributed by atoms with E-state index in [4.69, 9.17) is 16.3 Å². The third-order valence-electron chi connectivity index (χ3n) is 5.79. The second kappa shape index (κ2) is 10.5. The smallest absolute Gasteiger partial charge is 0.244 e. The summed E-state index contributed by atoms with van der Waals surface area (Å²) in [6, 6.07) is 30.4. The van der Waals surface area contributed by atoms with E-state index in [1.165, 1.54) is 6.20 Å². The van der Waals surface area contributed by atoms with E-state index in [9.17, 15) is 13.2 Å². The normalized spacial score (nSPS) is 11.4. The predicted octanol–water partition coefficient (Wildman–Crippen LogP) is 6.70. The minimum absolute atomic E-state index is 0.0424. The number of hydrogen-bond acceptors (Lipinski definition) is 4. The summed E-state index contributed by atoms with van der Waals surface area (Å²) in [5.41, 5.74) is 1.91. The molecular formula is C29H23ClN2O4S. The van der Waals surface area contributed by atoms with Gasteiger partial charge in [0.25, 0.3) is 0 Å².